The van der Waals surface area contributed by atoms with Gasteiger partial charge in [0.15, 0.2) is 6.10 Å². The van der Waals surface area contributed by atoms with Crippen molar-refractivity contribution in [3.8, 4) is 0 Å². The number of aliphatic hydroxyl groups is 1. The van der Waals surface area contributed by atoms with Crippen LogP contribution in [0.15, 0.2) is 146 Å². The predicted molar refractivity (Wildman–Crippen MR) is 361 cm³/mol. The molecule has 5 heteroatoms. The van der Waals surface area contributed by atoms with Crippen LogP contribution in [0.3, 0.4) is 0 Å². The van der Waals surface area contributed by atoms with Crippen LogP contribution in [0, 0.1) is 0 Å². The Morgan fingerprint density at radius 2 is 0.524 bits per heavy atom. The molecule has 0 saturated carbocycles. The van der Waals surface area contributed by atoms with Crippen LogP contribution in [0.1, 0.15) is 309 Å². The fraction of sp³-hybridized carbons (Fsp3) is 0.662. The summed E-state index contributed by atoms with van der Waals surface area (Å²) in [7, 11) is 0. The largest absolute Gasteiger partial charge is 0.462 e. The Labute approximate surface area is 508 Å². The molecule has 0 spiro atoms. The molecule has 0 aromatic rings. The van der Waals surface area contributed by atoms with Crippen molar-refractivity contribution in [2.45, 2.75) is 315 Å². The molecule has 0 heterocycles. The third-order valence-corrected chi connectivity index (χ3v) is 14.6. The van der Waals surface area contributed by atoms with Gasteiger partial charge >= 0.3 is 11.9 Å². The number of aliphatic hydroxyl groups excluding tert-OH is 1. The number of carbonyl (C=O) groups is 2. The van der Waals surface area contributed by atoms with Crippen LogP contribution in [0.25, 0.3) is 0 Å². The zero-order valence-corrected chi connectivity index (χ0v) is 53.5. The molecule has 0 rings (SSSR count). The third kappa shape index (κ3) is 68.3. The van der Waals surface area contributed by atoms with Gasteiger partial charge in [-0.2, -0.15) is 0 Å². The molecule has 5 nitrogen and oxygen atoms in total. The van der Waals surface area contributed by atoms with Crippen molar-refractivity contribution in [2.24, 2.45) is 0 Å². The number of unbranched alkanes of at least 4 members (excludes halogenated alkanes) is 30. The van der Waals surface area contributed by atoms with Crippen LogP contribution >= 0.6 is 0 Å². The zero-order valence-electron chi connectivity index (χ0n) is 53.5. The summed E-state index contributed by atoms with van der Waals surface area (Å²) in [4.78, 5) is 24.6. The van der Waals surface area contributed by atoms with Crippen molar-refractivity contribution >= 4 is 11.9 Å². The molecule has 82 heavy (non-hydrogen) atoms. The first-order valence-electron chi connectivity index (χ1n) is 34.4. The molecular weight excluding hydrogens is 1000 g/mol. The summed E-state index contributed by atoms with van der Waals surface area (Å²) >= 11 is 0. The highest BCUT2D eigenvalue weighted by Crippen LogP contribution is 2.16. The summed E-state index contributed by atoms with van der Waals surface area (Å²) < 4.78 is 10.7. The molecule has 0 aromatic carbocycles. The van der Waals surface area contributed by atoms with Crippen LogP contribution in [-0.4, -0.2) is 36.4 Å². The lowest BCUT2D eigenvalue weighted by atomic mass is 10.0. The first-order valence-corrected chi connectivity index (χ1v) is 34.4. The number of rotatable bonds is 62. The first kappa shape index (κ1) is 77.8. The van der Waals surface area contributed by atoms with Crippen molar-refractivity contribution in [3.63, 3.8) is 0 Å². The highest BCUT2D eigenvalue weighted by Gasteiger charge is 2.16. The molecule has 0 bridgehead atoms. The van der Waals surface area contributed by atoms with E-state index in [4.69, 9.17) is 9.47 Å². The lowest BCUT2D eigenvalue weighted by Crippen LogP contribution is -2.28. The minimum Gasteiger partial charge on any atom is -0.462 e. The van der Waals surface area contributed by atoms with E-state index in [1.54, 1.807) is 0 Å². The average Bonchev–Trinajstić information content (AvgIpc) is 3.49. The van der Waals surface area contributed by atoms with Crippen LogP contribution in [0.5, 0.6) is 0 Å². The first-order chi connectivity index (χ1) is 40.6. The van der Waals surface area contributed by atoms with Gasteiger partial charge in [-0.05, 0) is 122 Å². The molecule has 0 amide bonds. The number of carbonyl (C=O) groups excluding carboxylic acids is 2. The van der Waals surface area contributed by atoms with Crippen LogP contribution in [-0.2, 0) is 19.1 Å². The van der Waals surface area contributed by atoms with Gasteiger partial charge in [-0.15, -0.1) is 0 Å². The fourth-order valence-electron chi connectivity index (χ4n) is 9.50. The Balaban J connectivity index is 3.55. The smallest absolute Gasteiger partial charge is 0.306 e. The van der Waals surface area contributed by atoms with Crippen LogP contribution in [0.4, 0.5) is 0 Å². The van der Waals surface area contributed by atoms with Crippen LogP contribution in [0.2, 0.25) is 0 Å². The van der Waals surface area contributed by atoms with E-state index in [0.29, 0.717) is 12.8 Å². The Hall–Kier alpha value is -4.22. The summed E-state index contributed by atoms with van der Waals surface area (Å²) in [6, 6.07) is 0. The SMILES string of the molecule is CC/C=C\C/C=C\C/C=C\C/C=C\C/C=C\C/C=C\C/C=C\C/C=C\C/C=C\C/C=C\CCCCCCCCCCCCC(=O)OC(CO)COC(=O)CCCCCCCCCCCCCCCCC/C=C\C/C=C\CCCCCCC. The summed E-state index contributed by atoms with van der Waals surface area (Å²) in [5, 5.41) is 9.70. The Morgan fingerprint density at radius 3 is 0.793 bits per heavy atom. The number of hydrogen-bond donors (Lipinski definition) is 1. The standard InChI is InChI=1S/C77H128O5/c1-3-5-7-9-11-13-15-17-19-21-23-25-27-29-31-32-33-34-35-36-37-38-39-40-41-42-43-44-46-48-50-52-54-56-58-60-62-64-66-68-70-72-77(80)82-75(73-78)74-81-76(79)71-69-67-65-63-61-59-57-55-53-51-49-47-45-30-28-26-24-22-20-18-16-14-12-10-8-6-4-2/h5,7,11,13,16-19,22-25,29,31,33-34,36-37,39-40,42-43,46,48,75,78H,3-4,6,8-10,12,14-15,20-21,26-28,30,32,35,38,41,44-45,47,49-74H2,1-2H3/b7-5-,13-11-,18-16-,19-17-,24-22-,25-23-,31-29-,34-33-,37-36-,40-39-,43-42-,48-46-. The van der Waals surface area contributed by atoms with E-state index < -0.39 is 6.10 Å². The quantitative estimate of drug-likeness (QED) is 0.0373. The Kier molecular flexibility index (Phi) is 67.4. The van der Waals surface area contributed by atoms with Gasteiger partial charge in [0.2, 0.25) is 0 Å². The number of esters is 2. The minimum atomic E-state index is -0.784. The topological polar surface area (TPSA) is 72.8 Å². The molecule has 0 aliphatic carbocycles. The molecule has 0 radical (unpaired) electrons. The summed E-state index contributed by atoms with van der Waals surface area (Å²) in [6.07, 6.45) is 107. The van der Waals surface area contributed by atoms with Gasteiger partial charge in [0.25, 0.3) is 0 Å². The van der Waals surface area contributed by atoms with E-state index in [0.717, 1.165) is 109 Å². The van der Waals surface area contributed by atoms with Crippen molar-refractivity contribution < 1.29 is 24.2 Å². The third-order valence-electron chi connectivity index (χ3n) is 14.6. The van der Waals surface area contributed by atoms with Gasteiger partial charge in [-0.25, -0.2) is 0 Å². The van der Waals surface area contributed by atoms with Crippen molar-refractivity contribution in [2.75, 3.05) is 13.2 Å². The van der Waals surface area contributed by atoms with Gasteiger partial charge in [-0.1, -0.05) is 320 Å². The fourth-order valence-corrected chi connectivity index (χ4v) is 9.50. The predicted octanol–water partition coefficient (Wildman–Crippen LogP) is 24.1. The van der Waals surface area contributed by atoms with Crippen molar-refractivity contribution in [1.29, 1.82) is 0 Å². The molecule has 0 saturated heterocycles. The second-order valence-corrected chi connectivity index (χ2v) is 22.5. The van der Waals surface area contributed by atoms with Crippen molar-refractivity contribution in [3.05, 3.63) is 146 Å². The summed E-state index contributed by atoms with van der Waals surface area (Å²) in [5.41, 5.74) is 0. The molecule has 0 aromatic heterocycles. The van der Waals surface area contributed by atoms with E-state index in [1.807, 2.05) is 0 Å². The van der Waals surface area contributed by atoms with Crippen LogP contribution < -0.4 is 0 Å². The van der Waals surface area contributed by atoms with Crippen molar-refractivity contribution in [1.82, 2.24) is 0 Å². The van der Waals surface area contributed by atoms with E-state index in [1.165, 1.54) is 173 Å². The lowest BCUT2D eigenvalue weighted by molar-refractivity contribution is -0.161. The highest BCUT2D eigenvalue weighted by molar-refractivity contribution is 5.70. The molecule has 1 atom stereocenters. The molecule has 0 aliphatic rings. The minimum absolute atomic E-state index is 0.0726. The van der Waals surface area contributed by atoms with Gasteiger partial charge in [0.1, 0.15) is 6.61 Å². The van der Waals surface area contributed by atoms with E-state index in [2.05, 4.69) is 160 Å². The zero-order chi connectivity index (χ0) is 59.1. The Bertz CT molecular complexity index is 1710. The average molecular weight is 1130 g/mol. The second-order valence-electron chi connectivity index (χ2n) is 22.5. The molecule has 0 aliphatic heterocycles. The van der Waals surface area contributed by atoms with Gasteiger partial charge < -0.3 is 14.6 Å². The van der Waals surface area contributed by atoms with Gasteiger partial charge in [0.05, 0.1) is 6.61 Å². The van der Waals surface area contributed by atoms with E-state index in [-0.39, 0.29) is 25.2 Å². The molecule has 1 unspecified atom stereocenters. The van der Waals surface area contributed by atoms with E-state index >= 15 is 0 Å². The summed E-state index contributed by atoms with van der Waals surface area (Å²) in [6.45, 7) is 4.03. The van der Waals surface area contributed by atoms with E-state index in [9.17, 15) is 14.7 Å². The molecule has 466 valence electrons. The van der Waals surface area contributed by atoms with Gasteiger partial charge in [-0.3, -0.25) is 9.59 Å². The maximum Gasteiger partial charge on any atom is 0.306 e. The number of ether oxygens (including phenoxy) is 2. The second kappa shape index (κ2) is 71.0. The molecule has 1 N–H and O–H groups in total. The lowest BCUT2D eigenvalue weighted by Gasteiger charge is -2.15. The number of hydrogen-bond acceptors (Lipinski definition) is 5. The highest BCUT2D eigenvalue weighted by atomic mass is 16.6. The maximum absolute atomic E-state index is 12.4. The Morgan fingerprint density at radius 1 is 0.293 bits per heavy atom. The monoisotopic (exact) mass is 1130 g/mol. The van der Waals surface area contributed by atoms with Gasteiger partial charge in [0, 0.05) is 12.8 Å². The normalized spacial score (nSPS) is 13.2. The molecular formula is C77H128O5. The number of allylic oxidation sites excluding steroid dienone is 24. The summed E-state index contributed by atoms with van der Waals surface area (Å²) in [5.74, 6) is -0.594. The molecule has 0 fully saturated rings. The maximum atomic E-state index is 12.4.